The highest BCUT2D eigenvalue weighted by Crippen LogP contribution is 2.07. The number of hydrogen-bond donors (Lipinski definition) is 0. The number of halogens is 1. The smallest absolute Gasteiger partial charge is 0.302 e. The molecule has 2 rings (SSSR count). The van der Waals surface area contributed by atoms with Gasteiger partial charge >= 0.3 is 5.97 Å². The van der Waals surface area contributed by atoms with E-state index in [9.17, 15) is 4.79 Å². The summed E-state index contributed by atoms with van der Waals surface area (Å²) in [6.07, 6.45) is 1.76. The van der Waals surface area contributed by atoms with Gasteiger partial charge in [0.25, 0.3) is 0 Å². The molecule has 0 amide bonds. The van der Waals surface area contributed by atoms with Crippen molar-refractivity contribution in [3.05, 3.63) is 29.2 Å². The van der Waals surface area contributed by atoms with Crippen LogP contribution in [-0.2, 0) is 9.53 Å². The van der Waals surface area contributed by atoms with E-state index in [1.54, 1.807) is 23.7 Å². The monoisotopic (exact) mass is 255 g/mol. The van der Waals surface area contributed by atoms with E-state index in [0.29, 0.717) is 11.8 Å². The first-order valence-electron chi connectivity index (χ1n) is 5.14. The number of aryl methyl sites for hydroxylation is 1. The van der Waals surface area contributed by atoms with Crippen molar-refractivity contribution >= 4 is 23.2 Å². The molecule has 0 aliphatic rings. The predicted octanol–water partition coefficient (Wildman–Crippen LogP) is 2.26. The Morgan fingerprint density at radius 1 is 1.53 bits per heavy atom. The molecule has 0 N–H and O–H groups in total. The third-order valence-corrected chi connectivity index (χ3v) is 2.05. The lowest BCUT2D eigenvalue weighted by molar-refractivity contribution is -0.140. The Hall–Kier alpha value is -1.62. The predicted molar refractivity (Wildman–Crippen MR) is 65.0 cm³/mol. The summed E-state index contributed by atoms with van der Waals surface area (Å²) >= 11 is 5.69. The molecule has 2 aromatic rings. The maximum Gasteiger partial charge on any atom is 0.302 e. The fourth-order valence-electron chi connectivity index (χ4n) is 1.17. The minimum atomic E-state index is -0.211. The molecule has 0 saturated carbocycles. The van der Waals surface area contributed by atoms with Crippen molar-refractivity contribution in [2.75, 3.05) is 6.61 Å². The minimum Gasteiger partial charge on any atom is -0.466 e. The van der Waals surface area contributed by atoms with E-state index in [2.05, 4.69) is 14.8 Å². The van der Waals surface area contributed by atoms with Crippen LogP contribution in [0.3, 0.4) is 0 Å². The van der Waals surface area contributed by atoms with Gasteiger partial charge in [-0.2, -0.15) is 5.10 Å². The van der Waals surface area contributed by atoms with E-state index in [-0.39, 0.29) is 5.97 Å². The third kappa shape index (κ3) is 4.03. The van der Waals surface area contributed by atoms with Crippen molar-refractivity contribution < 1.29 is 9.53 Å². The first-order valence-corrected chi connectivity index (χ1v) is 5.52. The third-order valence-electron chi connectivity index (χ3n) is 1.85. The van der Waals surface area contributed by atoms with Crippen molar-refractivity contribution in [1.29, 1.82) is 0 Å². The zero-order chi connectivity index (χ0) is 12.8. The molecule has 0 spiro atoms. The molecule has 5 nitrogen and oxygen atoms in total. The highest BCUT2D eigenvalue weighted by Gasteiger charge is 1.98. The number of aromatic nitrogens is 3. The summed E-state index contributed by atoms with van der Waals surface area (Å²) in [4.78, 5) is 13.9. The van der Waals surface area contributed by atoms with E-state index in [1.165, 1.54) is 6.92 Å². The molecule has 0 aliphatic carbocycles. The second kappa shape index (κ2) is 6.20. The number of imidazole rings is 1. The molecule has 0 fully saturated rings. The Labute approximate surface area is 104 Å². The number of nitrogens with zero attached hydrogens (tertiary/aromatic N) is 3. The molecule has 0 saturated heterocycles. The summed E-state index contributed by atoms with van der Waals surface area (Å²) in [6, 6.07) is 3.56. The van der Waals surface area contributed by atoms with Crippen LogP contribution in [0.5, 0.6) is 0 Å². The molecule has 0 unspecified atom stereocenters. The van der Waals surface area contributed by atoms with E-state index in [0.717, 1.165) is 11.3 Å². The number of carbonyl (C=O) groups excluding carboxylic acids is 1. The first-order chi connectivity index (χ1) is 8.04. The van der Waals surface area contributed by atoms with Crippen LogP contribution < -0.4 is 0 Å². The summed E-state index contributed by atoms with van der Waals surface area (Å²) in [7, 11) is 0. The molecule has 0 aromatic carbocycles. The number of carbonyl (C=O) groups is 1. The van der Waals surface area contributed by atoms with Gasteiger partial charge in [-0.25, -0.2) is 9.50 Å². The first kappa shape index (κ1) is 13.4. The lowest BCUT2D eigenvalue weighted by Crippen LogP contribution is -1.95. The molecule has 0 radical (unpaired) electrons. The number of hydrogen-bond acceptors (Lipinski definition) is 4. The second-order valence-electron chi connectivity index (χ2n) is 3.25. The van der Waals surface area contributed by atoms with Crippen LogP contribution in [0.25, 0.3) is 5.65 Å². The molecule has 2 heterocycles. The highest BCUT2D eigenvalue weighted by atomic mass is 35.5. The number of ether oxygens (including phenoxy) is 1. The topological polar surface area (TPSA) is 56.5 Å². The van der Waals surface area contributed by atoms with Gasteiger partial charge in [-0.05, 0) is 26.0 Å². The summed E-state index contributed by atoms with van der Waals surface area (Å²) in [5.41, 5.74) is 1.81. The largest absolute Gasteiger partial charge is 0.466 e. The fraction of sp³-hybridized carbons (Fsp3) is 0.364. The highest BCUT2D eigenvalue weighted by molar-refractivity contribution is 6.29. The van der Waals surface area contributed by atoms with Crippen molar-refractivity contribution in [1.82, 2.24) is 14.6 Å². The van der Waals surface area contributed by atoms with E-state index in [4.69, 9.17) is 11.6 Å². The van der Waals surface area contributed by atoms with Crippen LogP contribution in [-0.4, -0.2) is 27.2 Å². The fourth-order valence-corrected chi connectivity index (χ4v) is 1.31. The zero-order valence-corrected chi connectivity index (χ0v) is 10.7. The van der Waals surface area contributed by atoms with E-state index >= 15 is 0 Å². The van der Waals surface area contributed by atoms with Gasteiger partial charge in [0, 0.05) is 6.92 Å². The van der Waals surface area contributed by atoms with Crippen LogP contribution in [0, 0.1) is 6.92 Å². The molecule has 17 heavy (non-hydrogen) atoms. The van der Waals surface area contributed by atoms with Gasteiger partial charge in [0.05, 0.1) is 18.5 Å². The molecular formula is C11H14ClN3O2. The van der Waals surface area contributed by atoms with Crippen LogP contribution >= 0.6 is 11.6 Å². The van der Waals surface area contributed by atoms with E-state index in [1.807, 2.05) is 13.0 Å². The van der Waals surface area contributed by atoms with E-state index < -0.39 is 0 Å². The van der Waals surface area contributed by atoms with Gasteiger partial charge < -0.3 is 4.74 Å². The summed E-state index contributed by atoms with van der Waals surface area (Å²) < 4.78 is 6.11. The Morgan fingerprint density at radius 2 is 2.24 bits per heavy atom. The van der Waals surface area contributed by atoms with Crippen molar-refractivity contribution in [2.45, 2.75) is 20.8 Å². The number of rotatable bonds is 1. The molecule has 0 bridgehead atoms. The molecule has 0 atom stereocenters. The van der Waals surface area contributed by atoms with Gasteiger partial charge in [0.15, 0.2) is 5.65 Å². The van der Waals surface area contributed by atoms with Crippen molar-refractivity contribution in [3.8, 4) is 0 Å². The van der Waals surface area contributed by atoms with Gasteiger partial charge in [-0.1, -0.05) is 11.6 Å². The lowest BCUT2D eigenvalue weighted by Gasteiger charge is -1.93. The summed E-state index contributed by atoms with van der Waals surface area (Å²) in [5, 5.41) is 4.54. The van der Waals surface area contributed by atoms with Gasteiger partial charge in [-0.3, -0.25) is 4.79 Å². The van der Waals surface area contributed by atoms with Crippen molar-refractivity contribution in [3.63, 3.8) is 0 Å². The van der Waals surface area contributed by atoms with Crippen LogP contribution in [0.15, 0.2) is 18.3 Å². The van der Waals surface area contributed by atoms with Crippen molar-refractivity contribution in [2.24, 2.45) is 0 Å². The van der Waals surface area contributed by atoms with Crippen LogP contribution in [0.4, 0.5) is 0 Å². The van der Waals surface area contributed by atoms with Crippen LogP contribution in [0.1, 0.15) is 19.5 Å². The zero-order valence-electron chi connectivity index (χ0n) is 9.98. The maximum absolute atomic E-state index is 9.82. The summed E-state index contributed by atoms with van der Waals surface area (Å²) in [5.74, 6) is -0.211. The number of fused-ring (bicyclic) bond motifs is 1. The molecule has 2 aromatic heterocycles. The number of esters is 1. The van der Waals surface area contributed by atoms with Gasteiger partial charge in [0.1, 0.15) is 5.15 Å². The normalized spacial score (nSPS) is 9.65. The van der Waals surface area contributed by atoms with Crippen LogP contribution in [0.2, 0.25) is 5.15 Å². The SMILES string of the molecule is CCOC(C)=O.Cc1cnc2ccc(Cl)nn12. The molecule has 92 valence electrons. The molecular weight excluding hydrogens is 242 g/mol. The molecule has 6 heteroatoms. The minimum absolute atomic E-state index is 0.211. The van der Waals surface area contributed by atoms with Gasteiger partial charge in [0.2, 0.25) is 0 Å². The Balaban J connectivity index is 0.000000209. The quantitative estimate of drug-likeness (QED) is 0.734. The Morgan fingerprint density at radius 3 is 2.76 bits per heavy atom. The standard InChI is InChI=1S/C7H6ClN3.C4H8O2/c1-5-4-9-7-3-2-6(8)10-11(5)7;1-3-6-4(2)5/h2-4H,1H3;3H2,1-2H3. The maximum atomic E-state index is 9.82. The molecule has 0 aliphatic heterocycles. The average Bonchev–Trinajstić information content (AvgIpc) is 2.61. The summed E-state index contributed by atoms with van der Waals surface area (Å²) in [6.45, 7) is 5.59. The Bertz CT molecular complexity index is 510. The van der Waals surface area contributed by atoms with Gasteiger partial charge in [-0.15, -0.1) is 0 Å². The second-order valence-corrected chi connectivity index (χ2v) is 3.64. The Kier molecular flexibility index (Phi) is 4.90. The average molecular weight is 256 g/mol. The lowest BCUT2D eigenvalue weighted by atomic mass is 10.5.